The molecule has 2 amide bonds. The first kappa shape index (κ1) is 17.7. The Bertz CT molecular complexity index is 360. The van der Waals surface area contributed by atoms with Crippen LogP contribution in [0.2, 0.25) is 0 Å². The van der Waals surface area contributed by atoms with E-state index in [2.05, 4.69) is 10.2 Å². The predicted molar refractivity (Wildman–Crippen MR) is 78.9 cm³/mol. The fourth-order valence-electron chi connectivity index (χ4n) is 2.12. The second-order valence-electron chi connectivity index (χ2n) is 6.34. The fourth-order valence-corrected chi connectivity index (χ4v) is 2.12. The van der Waals surface area contributed by atoms with E-state index in [-0.39, 0.29) is 12.5 Å². The molecule has 1 saturated heterocycles. The number of hydrogen-bond acceptors (Lipinski definition) is 5. The van der Waals surface area contributed by atoms with Crippen molar-refractivity contribution in [2.75, 3.05) is 39.3 Å². The maximum absolute atomic E-state index is 11.5. The Morgan fingerprint density at radius 3 is 2.29 bits per heavy atom. The largest absolute Gasteiger partial charge is 0.444 e. The van der Waals surface area contributed by atoms with Crippen LogP contribution in [0.4, 0.5) is 4.79 Å². The van der Waals surface area contributed by atoms with E-state index in [1.165, 1.54) is 0 Å². The molecule has 0 aromatic carbocycles. The molecule has 0 aliphatic carbocycles. The second-order valence-corrected chi connectivity index (χ2v) is 6.34. The van der Waals surface area contributed by atoms with E-state index in [1.807, 2.05) is 0 Å². The smallest absolute Gasteiger partial charge is 0.407 e. The molecule has 2 N–H and O–H groups in total. The topological polar surface area (TPSA) is 82.1 Å². The highest BCUT2D eigenvalue weighted by atomic mass is 16.6. The van der Waals surface area contributed by atoms with Crippen molar-refractivity contribution in [3.8, 4) is 0 Å². The molecule has 1 atom stereocenters. The number of rotatable bonds is 4. The minimum atomic E-state index is -0.651. The number of amides is 2. The van der Waals surface area contributed by atoms with Gasteiger partial charge in [-0.15, -0.1) is 0 Å². The van der Waals surface area contributed by atoms with Crippen LogP contribution in [0.3, 0.4) is 0 Å². The van der Waals surface area contributed by atoms with Gasteiger partial charge in [0.05, 0.1) is 6.10 Å². The molecule has 7 nitrogen and oxygen atoms in total. The Hall–Kier alpha value is -1.34. The van der Waals surface area contributed by atoms with Crippen LogP contribution in [0.15, 0.2) is 0 Å². The number of β-amino-alcohol motifs (C(OH)–C–C–N with tert-alkyl or cyclic N) is 1. The zero-order valence-corrected chi connectivity index (χ0v) is 13.4. The lowest BCUT2D eigenvalue weighted by molar-refractivity contribution is -0.130. The number of nitrogens with zero attached hydrogens (tertiary/aromatic N) is 2. The summed E-state index contributed by atoms with van der Waals surface area (Å²) in [6.07, 6.45) is -1.18. The summed E-state index contributed by atoms with van der Waals surface area (Å²) >= 11 is 0. The van der Waals surface area contributed by atoms with Gasteiger partial charge in [0.25, 0.3) is 0 Å². The second kappa shape index (κ2) is 7.61. The van der Waals surface area contributed by atoms with Crippen molar-refractivity contribution >= 4 is 12.0 Å². The molecule has 0 bridgehead atoms. The SMILES string of the molecule is CC(=O)N1CCN(CC(O)CNC(=O)OC(C)(C)C)CC1. The van der Waals surface area contributed by atoms with E-state index in [0.717, 1.165) is 13.1 Å². The van der Waals surface area contributed by atoms with E-state index < -0.39 is 17.8 Å². The van der Waals surface area contributed by atoms with Gasteiger partial charge in [-0.3, -0.25) is 9.69 Å². The van der Waals surface area contributed by atoms with Gasteiger partial charge in [0.2, 0.25) is 5.91 Å². The number of ether oxygens (including phenoxy) is 1. The maximum Gasteiger partial charge on any atom is 0.407 e. The Morgan fingerprint density at radius 2 is 1.81 bits per heavy atom. The first-order valence-electron chi connectivity index (χ1n) is 7.30. The van der Waals surface area contributed by atoms with Crippen molar-refractivity contribution in [2.45, 2.75) is 39.4 Å². The van der Waals surface area contributed by atoms with Crippen LogP contribution in [0.1, 0.15) is 27.7 Å². The highest BCUT2D eigenvalue weighted by molar-refractivity contribution is 5.73. The summed E-state index contributed by atoms with van der Waals surface area (Å²) in [5, 5.41) is 12.5. The van der Waals surface area contributed by atoms with Crippen molar-refractivity contribution < 1.29 is 19.4 Å². The van der Waals surface area contributed by atoms with Gasteiger partial charge in [0.15, 0.2) is 0 Å². The van der Waals surface area contributed by atoms with Crippen LogP contribution in [-0.4, -0.2) is 77.9 Å². The van der Waals surface area contributed by atoms with Gasteiger partial charge in [-0.1, -0.05) is 0 Å². The van der Waals surface area contributed by atoms with Gasteiger partial charge >= 0.3 is 6.09 Å². The molecular formula is C14H27N3O4. The molecule has 1 rings (SSSR count). The summed E-state index contributed by atoms with van der Waals surface area (Å²) in [7, 11) is 0. The number of hydrogen-bond donors (Lipinski definition) is 2. The average Bonchev–Trinajstić information content (AvgIpc) is 2.35. The average molecular weight is 301 g/mol. The van der Waals surface area contributed by atoms with Crippen molar-refractivity contribution in [3.63, 3.8) is 0 Å². The zero-order valence-electron chi connectivity index (χ0n) is 13.4. The third-order valence-corrected chi connectivity index (χ3v) is 3.17. The molecule has 0 radical (unpaired) electrons. The quantitative estimate of drug-likeness (QED) is 0.766. The van der Waals surface area contributed by atoms with Crippen LogP contribution in [0.5, 0.6) is 0 Å². The maximum atomic E-state index is 11.5. The number of aliphatic hydroxyl groups excluding tert-OH is 1. The summed E-state index contributed by atoms with van der Waals surface area (Å²) in [5.41, 5.74) is -0.544. The monoisotopic (exact) mass is 301 g/mol. The summed E-state index contributed by atoms with van der Waals surface area (Å²) in [6.45, 7) is 10.4. The lowest BCUT2D eigenvalue weighted by atomic mass is 10.2. The van der Waals surface area contributed by atoms with Gasteiger partial charge in [-0.2, -0.15) is 0 Å². The van der Waals surface area contributed by atoms with Gasteiger partial charge < -0.3 is 20.1 Å². The number of carbonyl (C=O) groups is 2. The van der Waals surface area contributed by atoms with Gasteiger partial charge in [-0.05, 0) is 20.8 Å². The Kier molecular flexibility index (Phi) is 6.42. The normalized spacial score (nSPS) is 18.2. The molecule has 0 aromatic heterocycles. The summed E-state index contributed by atoms with van der Waals surface area (Å²) < 4.78 is 5.10. The molecule has 1 aliphatic rings. The highest BCUT2D eigenvalue weighted by Crippen LogP contribution is 2.06. The molecule has 0 saturated carbocycles. The molecule has 0 spiro atoms. The van der Waals surface area contributed by atoms with Crippen LogP contribution in [-0.2, 0) is 9.53 Å². The number of aliphatic hydroxyl groups is 1. The molecular weight excluding hydrogens is 274 g/mol. The predicted octanol–water partition coefficient (Wildman–Crippen LogP) is 0.0361. The lowest BCUT2D eigenvalue weighted by Gasteiger charge is -2.35. The Balaban J connectivity index is 2.21. The van der Waals surface area contributed by atoms with Gasteiger partial charge in [-0.25, -0.2) is 4.79 Å². The van der Waals surface area contributed by atoms with Crippen LogP contribution in [0, 0.1) is 0 Å². The number of piperazine rings is 1. The number of nitrogens with one attached hydrogen (secondary N) is 1. The van der Waals surface area contributed by atoms with E-state index in [4.69, 9.17) is 4.74 Å². The first-order valence-corrected chi connectivity index (χ1v) is 7.30. The van der Waals surface area contributed by atoms with Crippen LogP contribution < -0.4 is 5.32 Å². The number of alkyl carbamates (subject to hydrolysis) is 1. The molecule has 0 aromatic rings. The van der Waals surface area contributed by atoms with E-state index in [0.29, 0.717) is 19.6 Å². The third kappa shape index (κ3) is 7.29. The minimum absolute atomic E-state index is 0.0850. The standard InChI is InChI=1S/C14H27N3O4/c1-11(18)17-7-5-16(6-8-17)10-12(19)9-15-13(20)21-14(2,3)4/h12,19H,5-10H2,1-4H3,(H,15,20). The molecule has 1 unspecified atom stereocenters. The summed E-state index contributed by atoms with van der Waals surface area (Å²) in [5.74, 6) is 0.0850. The Labute approximate surface area is 126 Å². The number of carbonyl (C=O) groups excluding carboxylic acids is 2. The third-order valence-electron chi connectivity index (χ3n) is 3.17. The van der Waals surface area contributed by atoms with Crippen molar-refractivity contribution in [2.24, 2.45) is 0 Å². The highest BCUT2D eigenvalue weighted by Gasteiger charge is 2.21. The zero-order chi connectivity index (χ0) is 16.0. The van der Waals surface area contributed by atoms with E-state index >= 15 is 0 Å². The van der Waals surface area contributed by atoms with Crippen molar-refractivity contribution in [1.29, 1.82) is 0 Å². The molecule has 1 fully saturated rings. The van der Waals surface area contributed by atoms with Crippen molar-refractivity contribution in [1.82, 2.24) is 15.1 Å². The lowest BCUT2D eigenvalue weighted by Crippen LogP contribution is -2.51. The summed E-state index contributed by atoms with van der Waals surface area (Å²) in [4.78, 5) is 26.6. The van der Waals surface area contributed by atoms with E-state index in [9.17, 15) is 14.7 Å². The molecule has 122 valence electrons. The molecule has 21 heavy (non-hydrogen) atoms. The van der Waals surface area contributed by atoms with Gasteiger partial charge in [0.1, 0.15) is 5.60 Å². The Morgan fingerprint density at radius 1 is 1.24 bits per heavy atom. The first-order chi connectivity index (χ1) is 9.67. The summed E-state index contributed by atoms with van der Waals surface area (Å²) in [6, 6.07) is 0. The fraction of sp³-hybridized carbons (Fsp3) is 0.857. The minimum Gasteiger partial charge on any atom is -0.444 e. The molecule has 7 heteroatoms. The van der Waals surface area contributed by atoms with Crippen molar-refractivity contribution in [3.05, 3.63) is 0 Å². The van der Waals surface area contributed by atoms with Crippen LogP contribution >= 0.6 is 0 Å². The molecule has 1 aliphatic heterocycles. The molecule has 1 heterocycles. The van der Waals surface area contributed by atoms with Crippen LogP contribution in [0.25, 0.3) is 0 Å². The van der Waals surface area contributed by atoms with E-state index in [1.54, 1.807) is 32.6 Å². The van der Waals surface area contributed by atoms with Gasteiger partial charge in [0, 0.05) is 46.2 Å².